The minimum absolute atomic E-state index is 0.0767. The number of ether oxygens (including phenoxy) is 2. The quantitative estimate of drug-likeness (QED) is 0.797. The Kier molecular flexibility index (Phi) is 3.09. The Hall–Kier alpha value is -1.02. The number of hydrogen-bond donors (Lipinski definition) is 0. The normalized spacial score (nSPS) is 29.3. The predicted molar refractivity (Wildman–Crippen MR) is 76.6 cm³/mol. The van der Waals surface area contributed by atoms with Gasteiger partial charge in [-0.25, -0.2) is 0 Å². The van der Waals surface area contributed by atoms with Crippen molar-refractivity contribution in [1.29, 1.82) is 0 Å². The molecular weight excluding hydrogens is 236 g/mol. The fourth-order valence-corrected chi connectivity index (χ4v) is 3.46. The lowest BCUT2D eigenvalue weighted by Gasteiger charge is -2.54. The van der Waals surface area contributed by atoms with Crippen LogP contribution in [-0.2, 0) is 10.3 Å². The third kappa shape index (κ3) is 1.88. The summed E-state index contributed by atoms with van der Waals surface area (Å²) in [6.45, 7) is 10.7. The monoisotopic (exact) mass is 260 g/mol. The highest BCUT2D eigenvalue weighted by atomic mass is 16.5. The molecule has 0 amide bonds. The molecule has 0 radical (unpaired) electrons. The van der Waals surface area contributed by atoms with Crippen LogP contribution in [0.15, 0.2) is 18.2 Å². The lowest BCUT2D eigenvalue weighted by molar-refractivity contribution is -0.239. The van der Waals surface area contributed by atoms with Crippen molar-refractivity contribution in [3.05, 3.63) is 29.3 Å². The summed E-state index contributed by atoms with van der Waals surface area (Å²) in [7, 11) is 0. The van der Waals surface area contributed by atoms with Gasteiger partial charge in [-0.15, -0.1) is 0 Å². The van der Waals surface area contributed by atoms with Crippen molar-refractivity contribution >= 4 is 0 Å². The van der Waals surface area contributed by atoms with E-state index in [0.29, 0.717) is 17.8 Å². The van der Waals surface area contributed by atoms with E-state index in [0.717, 1.165) is 25.4 Å². The third-order valence-corrected chi connectivity index (χ3v) is 4.78. The van der Waals surface area contributed by atoms with Crippen LogP contribution in [0.25, 0.3) is 0 Å². The summed E-state index contributed by atoms with van der Waals surface area (Å²) in [5, 5.41) is 0. The van der Waals surface area contributed by atoms with E-state index < -0.39 is 0 Å². The van der Waals surface area contributed by atoms with Crippen LogP contribution >= 0.6 is 0 Å². The van der Waals surface area contributed by atoms with Crippen LogP contribution in [0.1, 0.15) is 51.2 Å². The Labute approximate surface area is 116 Å². The summed E-state index contributed by atoms with van der Waals surface area (Å²) in [5.74, 6) is 2.85. The summed E-state index contributed by atoms with van der Waals surface area (Å²) in [5.41, 5.74) is 2.59. The second-order valence-corrected chi connectivity index (χ2v) is 6.56. The highest BCUT2D eigenvalue weighted by molar-refractivity contribution is 5.45. The molecule has 0 N–H and O–H groups in total. The molecule has 2 heteroatoms. The van der Waals surface area contributed by atoms with E-state index in [2.05, 4.69) is 45.9 Å². The molecule has 1 spiro atoms. The molecule has 2 aliphatic heterocycles. The zero-order valence-corrected chi connectivity index (χ0v) is 12.4. The first-order chi connectivity index (χ1) is 9.04. The van der Waals surface area contributed by atoms with Crippen molar-refractivity contribution in [3.63, 3.8) is 0 Å². The molecule has 2 nitrogen and oxygen atoms in total. The maximum Gasteiger partial charge on any atom is 0.125 e. The molecule has 2 heterocycles. The highest BCUT2D eigenvalue weighted by Gasteiger charge is 2.53. The zero-order valence-electron chi connectivity index (χ0n) is 12.4. The molecule has 1 aromatic rings. The standard InChI is InChI=1S/C17H24O2/c1-11(2)13-5-6-16-14(9-13)17(7-8-18-16)15(10-19-17)12(3)4/h5-6,9,11-12,15H,7-8,10H2,1-4H3. The van der Waals surface area contributed by atoms with Gasteiger partial charge < -0.3 is 9.47 Å². The van der Waals surface area contributed by atoms with Crippen LogP contribution in [0, 0.1) is 11.8 Å². The largest absolute Gasteiger partial charge is 0.493 e. The molecule has 0 saturated carbocycles. The van der Waals surface area contributed by atoms with E-state index >= 15 is 0 Å². The molecule has 2 unspecified atom stereocenters. The summed E-state index contributed by atoms with van der Waals surface area (Å²) >= 11 is 0. The van der Waals surface area contributed by atoms with Gasteiger partial charge in [-0.05, 0) is 29.5 Å². The summed E-state index contributed by atoms with van der Waals surface area (Å²) < 4.78 is 12.0. The van der Waals surface area contributed by atoms with Crippen LogP contribution in [0.3, 0.4) is 0 Å². The molecule has 0 aliphatic carbocycles. The Morgan fingerprint density at radius 2 is 2.00 bits per heavy atom. The van der Waals surface area contributed by atoms with E-state index in [1.807, 2.05) is 0 Å². The Bertz CT molecular complexity index is 478. The topological polar surface area (TPSA) is 18.5 Å². The Morgan fingerprint density at radius 1 is 1.21 bits per heavy atom. The van der Waals surface area contributed by atoms with Crippen molar-refractivity contribution in [2.24, 2.45) is 11.8 Å². The number of benzene rings is 1. The Balaban J connectivity index is 2.06. The van der Waals surface area contributed by atoms with Crippen LogP contribution in [0.2, 0.25) is 0 Å². The maximum absolute atomic E-state index is 6.11. The summed E-state index contributed by atoms with van der Waals surface area (Å²) in [6, 6.07) is 6.63. The molecule has 0 bridgehead atoms. The van der Waals surface area contributed by atoms with Gasteiger partial charge >= 0.3 is 0 Å². The fourth-order valence-electron chi connectivity index (χ4n) is 3.46. The maximum atomic E-state index is 6.11. The molecule has 0 aromatic heterocycles. The zero-order chi connectivity index (χ0) is 13.6. The van der Waals surface area contributed by atoms with Crippen LogP contribution in [-0.4, -0.2) is 13.2 Å². The average molecular weight is 260 g/mol. The minimum Gasteiger partial charge on any atom is -0.493 e. The molecular formula is C17H24O2. The van der Waals surface area contributed by atoms with Gasteiger partial charge in [0.05, 0.1) is 13.2 Å². The average Bonchev–Trinajstić information content (AvgIpc) is 2.35. The van der Waals surface area contributed by atoms with E-state index in [1.54, 1.807) is 0 Å². The van der Waals surface area contributed by atoms with Gasteiger partial charge in [-0.1, -0.05) is 33.8 Å². The van der Waals surface area contributed by atoms with E-state index in [1.165, 1.54) is 11.1 Å². The predicted octanol–water partition coefficient (Wildman–Crippen LogP) is 4.09. The van der Waals surface area contributed by atoms with E-state index in [9.17, 15) is 0 Å². The first-order valence-electron chi connectivity index (χ1n) is 7.46. The molecule has 1 saturated heterocycles. The minimum atomic E-state index is -0.0767. The molecule has 104 valence electrons. The van der Waals surface area contributed by atoms with Gasteiger partial charge in [-0.2, -0.15) is 0 Å². The summed E-state index contributed by atoms with van der Waals surface area (Å²) in [6.07, 6.45) is 0.990. The van der Waals surface area contributed by atoms with Crippen molar-refractivity contribution in [2.45, 2.75) is 45.6 Å². The van der Waals surface area contributed by atoms with Gasteiger partial charge in [0.15, 0.2) is 0 Å². The molecule has 2 aliphatic rings. The number of rotatable bonds is 2. The molecule has 1 fully saturated rings. The molecule has 3 rings (SSSR count). The van der Waals surface area contributed by atoms with Gasteiger partial charge in [0.2, 0.25) is 0 Å². The lowest BCUT2D eigenvalue weighted by Crippen LogP contribution is -2.55. The van der Waals surface area contributed by atoms with Gasteiger partial charge in [0.25, 0.3) is 0 Å². The van der Waals surface area contributed by atoms with E-state index in [4.69, 9.17) is 9.47 Å². The number of fused-ring (bicyclic) bond motifs is 2. The van der Waals surface area contributed by atoms with Crippen molar-refractivity contribution < 1.29 is 9.47 Å². The van der Waals surface area contributed by atoms with E-state index in [-0.39, 0.29) is 5.60 Å². The van der Waals surface area contributed by atoms with Gasteiger partial charge in [0, 0.05) is 17.9 Å². The first kappa shape index (κ1) is 13.0. The van der Waals surface area contributed by atoms with Crippen molar-refractivity contribution in [1.82, 2.24) is 0 Å². The van der Waals surface area contributed by atoms with Crippen molar-refractivity contribution in [3.8, 4) is 5.75 Å². The first-order valence-corrected chi connectivity index (χ1v) is 7.46. The summed E-state index contributed by atoms with van der Waals surface area (Å²) in [4.78, 5) is 0. The van der Waals surface area contributed by atoms with Gasteiger partial charge in [-0.3, -0.25) is 0 Å². The van der Waals surface area contributed by atoms with Crippen LogP contribution in [0.5, 0.6) is 5.75 Å². The van der Waals surface area contributed by atoms with Crippen LogP contribution in [0.4, 0.5) is 0 Å². The number of hydrogen-bond acceptors (Lipinski definition) is 2. The SMILES string of the molecule is CC(C)c1ccc2c(c1)C1(CCO2)OCC1C(C)C. The third-order valence-electron chi connectivity index (χ3n) is 4.78. The second-order valence-electron chi connectivity index (χ2n) is 6.56. The smallest absolute Gasteiger partial charge is 0.125 e. The second kappa shape index (κ2) is 4.52. The molecule has 19 heavy (non-hydrogen) atoms. The Morgan fingerprint density at radius 3 is 2.58 bits per heavy atom. The van der Waals surface area contributed by atoms with Crippen LogP contribution < -0.4 is 4.74 Å². The molecule has 2 atom stereocenters. The lowest BCUT2D eigenvalue weighted by atomic mass is 9.68. The highest BCUT2D eigenvalue weighted by Crippen LogP contribution is 2.53. The van der Waals surface area contributed by atoms with Gasteiger partial charge in [0.1, 0.15) is 11.4 Å². The molecule has 1 aromatic carbocycles. The van der Waals surface area contributed by atoms with Crippen molar-refractivity contribution in [2.75, 3.05) is 13.2 Å². The fraction of sp³-hybridized carbons (Fsp3) is 0.647.